The lowest BCUT2D eigenvalue weighted by molar-refractivity contribution is -0.145. The van der Waals surface area contributed by atoms with Crippen LogP contribution in [0.1, 0.15) is 37.6 Å². The number of anilines is 1. The van der Waals surface area contributed by atoms with E-state index in [1.807, 2.05) is 0 Å². The van der Waals surface area contributed by atoms with Gasteiger partial charge < -0.3 is 14.4 Å². The Labute approximate surface area is 201 Å². The van der Waals surface area contributed by atoms with Crippen LogP contribution in [0.4, 0.5) is 27.8 Å². The van der Waals surface area contributed by atoms with Crippen molar-refractivity contribution >= 4 is 5.82 Å². The Morgan fingerprint density at radius 3 is 2.44 bits per heavy atom. The molecular weight excluding hydrogens is 489 g/mol. The summed E-state index contributed by atoms with van der Waals surface area (Å²) in [6, 6.07) is 3.55. The van der Waals surface area contributed by atoms with Crippen LogP contribution >= 0.6 is 0 Å². The smallest absolute Gasteiger partial charge is 0.451 e. The molecule has 2 aromatic heterocycles. The van der Waals surface area contributed by atoms with Crippen molar-refractivity contribution in [3.63, 3.8) is 0 Å². The first-order chi connectivity index (χ1) is 17.1. The van der Waals surface area contributed by atoms with Crippen molar-refractivity contribution < 1.29 is 31.4 Å². The van der Waals surface area contributed by atoms with Gasteiger partial charge in [0.25, 0.3) is 0 Å². The first-order valence-corrected chi connectivity index (χ1v) is 11.2. The molecule has 3 aromatic rings. The predicted molar refractivity (Wildman–Crippen MR) is 116 cm³/mol. The van der Waals surface area contributed by atoms with Crippen LogP contribution in [0.3, 0.4) is 0 Å². The van der Waals surface area contributed by atoms with Crippen LogP contribution in [0, 0.1) is 11.6 Å². The Morgan fingerprint density at radius 1 is 1.11 bits per heavy atom. The van der Waals surface area contributed by atoms with Crippen LogP contribution in [0.25, 0.3) is 0 Å². The number of aromatic nitrogens is 4. The predicted octanol–water partition coefficient (Wildman–Crippen LogP) is 4.46. The van der Waals surface area contributed by atoms with Gasteiger partial charge in [-0.3, -0.25) is 4.57 Å². The Morgan fingerprint density at radius 2 is 1.81 bits per heavy atom. The van der Waals surface area contributed by atoms with Crippen molar-refractivity contribution in [2.75, 3.05) is 11.4 Å². The van der Waals surface area contributed by atoms with Gasteiger partial charge in [0, 0.05) is 12.6 Å². The zero-order valence-electron chi connectivity index (χ0n) is 19.0. The highest BCUT2D eigenvalue weighted by Gasteiger charge is 2.46. The quantitative estimate of drug-likeness (QED) is 0.454. The fourth-order valence-corrected chi connectivity index (χ4v) is 4.74. The Bertz CT molecular complexity index is 1340. The number of hydrogen-bond acceptors (Lipinski definition) is 7. The van der Waals surface area contributed by atoms with Crippen LogP contribution in [0.2, 0.25) is 0 Å². The Kier molecular flexibility index (Phi) is 5.80. The van der Waals surface area contributed by atoms with Gasteiger partial charge in [0.1, 0.15) is 12.4 Å². The summed E-state index contributed by atoms with van der Waals surface area (Å²) in [5.41, 5.74) is -0.468. The van der Waals surface area contributed by atoms with E-state index >= 15 is 0 Å². The van der Waals surface area contributed by atoms with Crippen LogP contribution in [0.5, 0.6) is 17.4 Å². The summed E-state index contributed by atoms with van der Waals surface area (Å²) in [5.74, 6) is -4.09. The zero-order chi connectivity index (χ0) is 25.7. The molecule has 0 N–H and O–H groups in total. The van der Waals surface area contributed by atoms with Crippen molar-refractivity contribution in [1.29, 1.82) is 0 Å². The molecule has 0 saturated carbocycles. The summed E-state index contributed by atoms with van der Waals surface area (Å²) in [6.07, 6.45) is -0.549. The van der Waals surface area contributed by atoms with Crippen molar-refractivity contribution in [2.24, 2.45) is 0 Å². The van der Waals surface area contributed by atoms with E-state index in [0.29, 0.717) is 24.8 Å². The first kappa shape index (κ1) is 23.9. The molecule has 13 heteroatoms. The number of rotatable bonds is 6. The fourth-order valence-electron chi connectivity index (χ4n) is 4.74. The third kappa shape index (κ3) is 4.22. The molecule has 0 radical (unpaired) electrons. The van der Waals surface area contributed by atoms with Gasteiger partial charge in [-0.2, -0.15) is 18.2 Å². The zero-order valence-corrected chi connectivity index (χ0v) is 19.0. The molecule has 0 bridgehead atoms. The van der Waals surface area contributed by atoms with Crippen molar-refractivity contribution in [2.45, 2.75) is 51.1 Å². The normalized spacial score (nSPS) is 18.8. The minimum absolute atomic E-state index is 0.0353. The topological polar surface area (TPSA) is 82.4 Å². The lowest BCUT2D eigenvalue weighted by atomic mass is 9.94. The van der Waals surface area contributed by atoms with Gasteiger partial charge in [-0.05, 0) is 37.0 Å². The summed E-state index contributed by atoms with van der Waals surface area (Å²) in [4.78, 5) is 24.9. The third-order valence-electron chi connectivity index (χ3n) is 6.50. The van der Waals surface area contributed by atoms with Crippen LogP contribution < -0.4 is 20.1 Å². The summed E-state index contributed by atoms with van der Waals surface area (Å²) in [5, 5.41) is 0. The lowest BCUT2D eigenvalue weighted by Gasteiger charge is -2.31. The molecule has 4 heterocycles. The van der Waals surface area contributed by atoms with E-state index in [1.54, 1.807) is 10.6 Å². The summed E-state index contributed by atoms with van der Waals surface area (Å²) in [7, 11) is 0. The summed E-state index contributed by atoms with van der Waals surface area (Å²) >= 11 is 0. The molecule has 2 aliphatic rings. The molecule has 2 aliphatic heterocycles. The molecule has 0 spiro atoms. The SMILES string of the molecule is CCC12CCCN1c1cc(OCc3cc(F)c(Oc4cnc(C(F)(F)F)nc4)c(F)c3)nc(=O)n1C2. The van der Waals surface area contributed by atoms with Gasteiger partial charge in [-0.25, -0.2) is 23.5 Å². The maximum Gasteiger partial charge on any atom is 0.451 e. The minimum Gasteiger partial charge on any atom is -0.473 e. The van der Waals surface area contributed by atoms with Gasteiger partial charge >= 0.3 is 11.9 Å². The summed E-state index contributed by atoms with van der Waals surface area (Å²) < 4.78 is 79.0. The molecule has 1 saturated heterocycles. The van der Waals surface area contributed by atoms with E-state index < -0.39 is 35.1 Å². The molecule has 0 amide bonds. The van der Waals surface area contributed by atoms with Gasteiger partial charge in [0.2, 0.25) is 11.7 Å². The van der Waals surface area contributed by atoms with E-state index in [-0.39, 0.29) is 29.3 Å². The average molecular weight is 509 g/mol. The minimum atomic E-state index is -4.76. The molecule has 1 aromatic carbocycles. The number of alkyl halides is 3. The molecule has 190 valence electrons. The maximum atomic E-state index is 14.5. The fraction of sp³-hybridized carbons (Fsp3) is 0.391. The number of hydrogen-bond donors (Lipinski definition) is 0. The number of nitrogens with zero attached hydrogens (tertiary/aromatic N) is 5. The molecule has 1 atom stereocenters. The van der Waals surface area contributed by atoms with Crippen molar-refractivity contribution in [3.8, 4) is 17.4 Å². The highest BCUT2D eigenvalue weighted by Crippen LogP contribution is 2.43. The second-order valence-corrected chi connectivity index (χ2v) is 8.67. The molecule has 5 rings (SSSR count). The largest absolute Gasteiger partial charge is 0.473 e. The van der Waals surface area contributed by atoms with Gasteiger partial charge in [0.15, 0.2) is 23.1 Å². The van der Waals surface area contributed by atoms with E-state index in [0.717, 1.165) is 37.9 Å². The Hall–Kier alpha value is -3.77. The number of ether oxygens (including phenoxy) is 2. The van der Waals surface area contributed by atoms with Gasteiger partial charge in [-0.1, -0.05) is 6.92 Å². The maximum absolute atomic E-state index is 14.5. The second-order valence-electron chi connectivity index (χ2n) is 8.67. The standard InChI is InChI=1S/C23H20F5N5O3/c1-2-22-4-3-5-33(22)18-8-17(31-21(34)32(18)12-22)35-11-13-6-15(24)19(16(25)7-13)36-14-9-29-20(30-10-14)23(26,27)28/h6-10H,2-5,11-12H2,1H3. The van der Waals surface area contributed by atoms with Crippen LogP contribution in [0.15, 0.2) is 35.4 Å². The van der Waals surface area contributed by atoms with E-state index in [2.05, 4.69) is 26.8 Å². The van der Waals surface area contributed by atoms with Crippen LogP contribution in [-0.2, 0) is 19.3 Å². The van der Waals surface area contributed by atoms with Crippen LogP contribution in [-0.4, -0.2) is 31.6 Å². The number of benzene rings is 1. The van der Waals surface area contributed by atoms with E-state index in [4.69, 9.17) is 9.47 Å². The highest BCUT2D eigenvalue weighted by molar-refractivity contribution is 5.51. The Balaban J connectivity index is 1.31. The summed E-state index contributed by atoms with van der Waals surface area (Å²) in [6.45, 7) is 3.18. The van der Waals surface area contributed by atoms with Gasteiger partial charge in [0.05, 0.1) is 24.5 Å². The molecule has 8 nitrogen and oxygen atoms in total. The molecule has 1 fully saturated rings. The van der Waals surface area contributed by atoms with Crippen molar-refractivity contribution in [1.82, 2.24) is 19.5 Å². The van der Waals surface area contributed by atoms with E-state index in [1.165, 1.54) is 0 Å². The monoisotopic (exact) mass is 509 g/mol. The average Bonchev–Trinajstić information content (AvgIpc) is 3.38. The lowest BCUT2D eigenvalue weighted by Crippen LogP contribution is -2.41. The third-order valence-corrected chi connectivity index (χ3v) is 6.50. The van der Waals surface area contributed by atoms with E-state index in [9.17, 15) is 26.7 Å². The number of fused-ring (bicyclic) bond motifs is 3. The molecular formula is C23H20F5N5O3. The molecule has 36 heavy (non-hydrogen) atoms. The number of halogens is 5. The molecule has 1 unspecified atom stereocenters. The highest BCUT2D eigenvalue weighted by atomic mass is 19.4. The molecule has 0 aliphatic carbocycles. The second kappa shape index (κ2) is 8.71. The van der Waals surface area contributed by atoms with Gasteiger partial charge in [-0.15, -0.1) is 0 Å². The first-order valence-electron chi connectivity index (χ1n) is 11.2. The van der Waals surface area contributed by atoms with Crippen molar-refractivity contribution in [3.05, 3.63) is 64.1 Å².